The van der Waals surface area contributed by atoms with Gasteiger partial charge in [-0.3, -0.25) is 9.59 Å². The number of anilines is 1. The number of hydrogen-bond donors (Lipinski definition) is 1. The minimum absolute atomic E-state index is 0.0946. The van der Waals surface area contributed by atoms with E-state index in [4.69, 9.17) is 9.15 Å². The molecule has 0 saturated carbocycles. The Morgan fingerprint density at radius 1 is 1.03 bits per heavy atom. The van der Waals surface area contributed by atoms with E-state index in [1.165, 1.54) is 6.26 Å². The highest BCUT2D eigenvalue weighted by Gasteiger charge is 2.16. The van der Waals surface area contributed by atoms with Crippen LogP contribution >= 0.6 is 0 Å². The molecule has 0 saturated heterocycles. The van der Waals surface area contributed by atoms with Crippen molar-refractivity contribution in [1.82, 2.24) is 0 Å². The Hall–Kier alpha value is -3.74. The van der Waals surface area contributed by atoms with Crippen molar-refractivity contribution in [2.45, 2.75) is 6.42 Å². The number of carbonyl (C=O) groups is 2. The van der Waals surface area contributed by atoms with Gasteiger partial charge in [0.05, 0.1) is 18.4 Å². The van der Waals surface area contributed by atoms with E-state index in [0.29, 0.717) is 11.1 Å². The standard InChI is InChI=1S/C22H15F2NO4/c23-15-6-7-17(24)18(10-15)25-20(26)12-29-21(27)9-14-11-28-19-8-5-13-3-1-2-4-16(13)22(14)19/h1-8,10-11H,9,12H2,(H,25,26). The van der Waals surface area contributed by atoms with Crippen molar-refractivity contribution in [3.05, 3.63) is 78.1 Å². The molecule has 7 heteroatoms. The van der Waals surface area contributed by atoms with E-state index in [2.05, 4.69) is 5.32 Å². The van der Waals surface area contributed by atoms with Gasteiger partial charge < -0.3 is 14.5 Å². The van der Waals surface area contributed by atoms with Crippen LogP contribution in [0.25, 0.3) is 21.7 Å². The number of esters is 1. The second-order valence-corrected chi connectivity index (χ2v) is 6.43. The van der Waals surface area contributed by atoms with Crippen molar-refractivity contribution in [1.29, 1.82) is 0 Å². The lowest BCUT2D eigenvalue weighted by molar-refractivity contribution is -0.146. The molecule has 4 aromatic rings. The van der Waals surface area contributed by atoms with Gasteiger partial charge in [0, 0.05) is 17.0 Å². The Labute approximate surface area is 163 Å². The number of furan rings is 1. The molecule has 0 radical (unpaired) electrons. The molecule has 0 atom stereocenters. The van der Waals surface area contributed by atoms with Gasteiger partial charge in [-0.2, -0.15) is 0 Å². The molecular weight excluding hydrogens is 380 g/mol. The minimum atomic E-state index is -0.789. The second kappa shape index (κ2) is 7.71. The molecule has 0 fully saturated rings. The van der Waals surface area contributed by atoms with Gasteiger partial charge in [-0.25, -0.2) is 8.78 Å². The molecular formula is C22H15F2NO4. The number of fused-ring (bicyclic) bond motifs is 3. The monoisotopic (exact) mass is 395 g/mol. The fourth-order valence-corrected chi connectivity index (χ4v) is 3.14. The lowest BCUT2D eigenvalue weighted by Crippen LogP contribution is -2.22. The summed E-state index contributed by atoms with van der Waals surface area (Å²) in [4.78, 5) is 24.1. The molecule has 0 bridgehead atoms. The van der Waals surface area contributed by atoms with Crippen LogP contribution in [0.15, 0.2) is 65.3 Å². The molecule has 29 heavy (non-hydrogen) atoms. The maximum Gasteiger partial charge on any atom is 0.310 e. The molecule has 0 aliphatic heterocycles. The zero-order chi connectivity index (χ0) is 20.4. The SMILES string of the molecule is O=C(COC(=O)Cc1coc2ccc3ccccc3c12)Nc1cc(F)ccc1F. The number of halogens is 2. The van der Waals surface area contributed by atoms with E-state index in [1.807, 2.05) is 36.4 Å². The van der Waals surface area contributed by atoms with E-state index in [-0.39, 0.29) is 12.1 Å². The molecule has 1 N–H and O–H groups in total. The molecule has 146 valence electrons. The van der Waals surface area contributed by atoms with Crippen LogP contribution < -0.4 is 5.32 Å². The lowest BCUT2D eigenvalue weighted by Gasteiger charge is -2.07. The summed E-state index contributed by atoms with van der Waals surface area (Å²) >= 11 is 0. The summed E-state index contributed by atoms with van der Waals surface area (Å²) < 4.78 is 37.2. The fourth-order valence-electron chi connectivity index (χ4n) is 3.14. The minimum Gasteiger partial charge on any atom is -0.464 e. The van der Waals surface area contributed by atoms with E-state index in [1.54, 1.807) is 0 Å². The van der Waals surface area contributed by atoms with Crippen molar-refractivity contribution >= 4 is 39.3 Å². The topological polar surface area (TPSA) is 68.5 Å². The Morgan fingerprint density at radius 2 is 1.86 bits per heavy atom. The highest BCUT2D eigenvalue weighted by molar-refractivity contribution is 6.08. The maximum absolute atomic E-state index is 13.6. The van der Waals surface area contributed by atoms with Gasteiger partial charge in [0.25, 0.3) is 5.91 Å². The van der Waals surface area contributed by atoms with Crippen LogP contribution in [-0.4, -0.2) is 18.5 Å². The number of hydrogen-bond acceptors (Lipinski definition) is 4. The normalized spacial score (nSPS) is 11.0. The third kappa shape index (κ3) is 3.94. The predicted octanol–water partition coefficient (Wildman–Crippen LogP) is 4.59. The van der Waals surface area contributed by atoms with E-state index < -0.39 is 30.1 Å². The summed E-state index contributed by atoms with van der Waals surface area (Å²) in [7, 11) is 0. The van der Waals surface area contributed by atoms with Crippen molar-refractivity contribution in [3.63, 3.8) is 0 Å². The summed E-state index contributed by atoms with van der Waals surface area (Å²) in [6, 6.07) is 14.1. The first kappa shape index (κ1) is 18.6. The van der Waals surface area contributed by atoms with Gasteiger partial charge in [-0.15, -0.1) is 0 Å². The van der Waals surface area contributed by atoms with Gasteiger partial charge in [0.1, 0.15) is 17.2 Å². The average molecular weight is 395 g/mol. The number of nitrogens with one attached hydrogen (secondary N) is 1. The van der Waals surface area contributed by atoms with Crippen LogP contribution in [0.4, 0.5) is 14.5 Å². The highest BCUT2D eigenvalue weighted by Crippen LogP contribution is 2.30. The molecule has 0 aliphatic rings. The third-order valence-electron chi connectivity index (χ3n) is 4.44. The number of rotatable bonds is 5. The average Bonchev–Trinajstić information content (AvgIpc) is 3.12. The predicted molar refractivity (Wildman–Crippen MR) is 103 cm³/mol. The first-order valence-corrected chi connectivity index (χ1v) is 8.79. The number of ether oxygens (including phenoxy) is 1. The first-order chi connectivity index (χ1) is 14.0. The molecule has 1 aromatic heterocycles. The van der Waals surface area contributed by atoms with Crippen LogP contribution in [0, 0.1) is 11.6 Å². The highest BCUT2D eigenvalue weighted by atomic mass is 19.1. The lowest BCUT2D eigenvalue weighted by atomic mass is 10.0. The van der Waals surface area contributed by atoms with Crippen molar-refractivity contribution in [2.24, 2.45) is 0 Å². The smallest absolute Gasteiger partial charge is 0.310 e. The molecule has 5 nitrogen and oxygen atoms in total. The molecule has 1 heterocycles. The van der Waals surface area contributed by atoms with Crippen LogP contribution in [0.2, 0.25) is 0 Å². The van der Waals surface area contributed by atoms with Gasteiger partial charge in [0.2, 0.25) is 0 Å². The van der Waals surface area contributed by atoms with Crippen LogP contribution in [0.3, 0.4) is 0 Å². The number of amides is 1. The van der Waals surface area contributed by atoms with Gasteiger partial charge >= 0.3 is 5.97 Å². The molecule has 1 amide bonds. The van der Waals surface area contributed by atoms with Crippen LogP contribution in [0.5, 0.6) is 0 Å². The van der Waals surface area contributed by atoms with E-state index in [0.717, 1.165) is 34.4 Å². The van der Waals surface area contributed by atoms with Crippen LogP contribution in [0.1, 0.15) is 5.56 Å². The largest absolute Gasteiger partial charge is 0.464 e. The van der Waals surface area contributed by atoms with Crippen LogP contribution in [-0.2, 0) is 20.7 Å². The quantitative estimate of drug-likeness (QED) is 0.502. The Morgan fingerprint density at radius 3 is 2.72 bits per heavy atom. The summed E-state index contributed by atoms with van der Waals surface area (Å²) in [5, 5.41) is 4.93. The van der Waals surface area contributed by atoms with Gasteiger partial charge in [-0.1, -0.05) is 30.3 Å². The van der Waals surface area contributed by atoms with Crippen molar-refractivity contribution in [2.75, 3.05) is 11.9 Å². The van der Waals surface area contributed by atoms with Gasteiger partial charge in [0.15, 0.2) is 6.61 Å². The second-order valence-electron chi connectivity index (χ2n) is 6.43. The molecule has 4 rings (SSSR count). The van der Waals surface area contributed by atoms with Gasteiger partial charge in [-0.05, 0) is 29.0 Å². The summed E-state index contributed by atoms with van der Waals surface area (Å²) in [6.07, 6.45) is 1.39. The van der Waals surface area contributed by atoms with Crippen molar-refractivity contribution in [3.8, 4) is 0 Å². The molecule has 3 aromatic carbocycles. The fraction of sp³-hybridized carbons (Fsp3) is 0.0909. The Bertz CT molecular complexity index is 1230. The molecule has 0 spiro atoms. The summed E-state index contributed by atoms with van der Waals surface area (Å²) in [5.74, 6) is -2.90. The molecule has 0 unspecified atom stereocenters. The zero-order valence-electron chi connectivity index (χ0n) is 15.1. The molecule has 0 aliphatic carbocycles. The third-order valence-corrected chi connectivity index (χ3v) is 4.44. The van der Waals surface area contributed by atoms with E-state index in [9.17, 15) is 18.4 Å². The number of carbonyl (C=O) groups excluding carboxylic acids is 2. The van der Waals surface area contributed by atoms with E-state index >= 15 is 0 Å². The summed E-state index contributed by atoms with van der Waals surface area (Å²) in [6.45, 7) is -0.620. The Balaban J connectivity index is 1.43. The summed E-state index contributed by atoms with van der Waals surface area (Å²) in [5.41, 5.74) is 0.961. The Kier molecular flexibility index (Phi) is 4.95. The maximum atomic E-state index is 13.6. The van der Waals surface area contributed by atoms with Crippen molar-refractivity contribution < 1.29 is 27.5 Å². The zero-order valence-corrected chi connectivity index (χ0v) is 15.1. The first-order valence-electron chi connectivity index (χ1n) is 8.79. The number of benzene rings is 3.